The van der Waals surface area contributed by atoms with Gasteiger partial charge in [-0.3, -0.25) is 4.79 Å². The summed E-state index contributed by atoms with van der Waals surface area (Å²) in [5.74, 6) is -2.15. The van der Waals surface area contributed by atoms with Gasteiger partial charge in [0.05, 0.1) is 5.75 Å². The van der Waals surface area contributed by atoms with Crippen molar-refractivity contribution in [3.05, 3.63) is 35.1 Å². The van der Waals surface area contributed by atoms with E-state index in [9.17, 15) is 17.6 Å². The van der Waals surface area contributed by atoms with Crippen LogP contribution in [0, 0.1) is 12.7 Å². The number of carboxylic acid groups (broad SMARTS) is 1. The van der Waals surface area contributed by atoms with Crippen molar-refractivity contribution in [3.63, 3.8) is 0 Å². The lowest BCUT2D eigenvalue weighted by Crippen LogP contribution is -2.40. The molecule has 1 aromatic rings. The normalized spacial score (nSPS) is 13.5. The van der Waals surface area contributed by atoms with E-state index in [-0.39, 0.29) is 5.56 Å². The van der Waals surface area contributed by atoms with E-state index in [4.69, 9.17) is 5.11 Å². The molecule has 0 saturated heterocycles. The first kappa shape index (κ1) is 15.6. The molecule has 0 aliphatic rings. The average Bonchev–Trinajstić information content (AvgIpc) is 2.31. The van der Waals surface area contributed by atoms with Crippen LogP contribution in [0.5, 0.6) is 0 Å². The second-order valence-corrected chi connectivity index (χ2v) is 6.40. The molecule has 5 nitrogen and oxygen atoms in total. The first-order chi connectivity index (χ1) is 8.65. The summed E-state index contributed by atoms with van der Waals surface area (Å²) in [6.07, 6.45) is 0. The zero-order valence-electron chi connectivity index (χ0n) is 10.9. The molecule has 0 spiro atoms. The van der Waals surface area contributed by atoms with E-state index in [2.05, 4.69) is 0 Å². The van der Waals surface area contributed by atoms with Crippen LogP contribution >= 0.6 is 0 Å². The summed E-state index contributed by atoms with van der Waals surface area (Å²) >= 11 is 0. The van der Waals surface area contributed by atoms with Gasteiger partial charge >= 0.3 is 5.97 Å². The number of likely N-dealkylation sites (N-methyl/N-ethyl adjacent to an activating group) is 1. The molecule has 1 unspecified atom stereocenters. The van der Waals surface area contributed by atoms with Crippen molar-refractivity contribution in [2.45, 2.75) is 25.6 Å². The molecule has 0 amide bonds. The molecule has 106 valence electrons. The van der Waals surface area contributed by atoms with Gasteiger partial charge in [0.25, 0.3) is 0 Å². The smallest absolute Gasteiger partial charge is 0.321 e. The molecule has 0 heterocycles. The Kier molecular flexibility index (Phi) is 4.65. The van der Waals surface area contributed by atoms with Gasteiger partial charge in [0, 0.05) is 7.05 Å². The van der Waals surface area contributed by atoms with Crippen molar-refractivity contribution in [1.29, 1.82) is 0 Å². The lowest BCUT2D eigenvalue weighted by molar-refractivity contribution is -0.140. The molecular formula is C12H16FNO4S. The molecule has 1 atom stereocenters. The van der Waals surface area contributed by atoms with Crippen LogP contribution in [0.3, 0.4) is 0 Å². The number of halogens is 1. The molecule has 1 N–H and O–H groups in total. The summed E-state index contributed by atoms with van der Waals surface area (Å²) in [7, 11) is -2.61. The number of sulfonamides is 1. The number of benzene rings is 1. The van der Waals surface area contributed by atoms with Crippen molar-refractivity contribution in [3.8, 4) is 0 Å². The van der Waals surface area contributed by atoms with Crippen LogP contribution in [0.4, 0.5) is 4.39 Å². The summed E-state index contributed by atoms with van der Waals surface area (Å²) in [6.45, 7) is 2.85. The molecule has 0 radical (unpaired) electrons. The van der Waals surface area contributed by atoms with Gasteiger partial charge in [0.2, 0.25) is 10.0 Å². The van der Waals surface area contributed by atoms with Crippen molar-refractivity contribution in [2.75, 3.05) is 7.05 Å². The third kappa shape index (κ3) is 3.74. The first-order valence-corrected chi connectivity index (χ1v) is 7.19. The molecule has 1 aromatic carbocycles. The lowest BCUT2D eigenvalue weighted by atomic mass is 10.2. The summed E-state index contributed by atoms with van der Waals surface area (Å²) in [4.78, 5) is 10.8. The van der Waals surface area contributed by atoms with E-state index in [1.54, 1.807) is 6.92 Å². The van der Waals surface area contributed by atoms with Crippen LogP contribution in [-0.2, 0) is 20.6 Å². The fourth-order valence-corrected chi connectivity index (χ4v) is 2.81. The highest BCUT2D eigenvalue weighted by molar-refractivity contribution is 7.88. The van der Waals surface area contributed by atoms with Gasteiger partial charge in [-0.1, -0.05) is 12.1 Å². The Labute approximate surface area is 111 Å². The molecule has 7 heteroatoms. The van der Waals surface area contributed by atoms with Crippen molar-refractivity contribution >= 4 is 16.0 Å². The minimum atomic E-state index is -3.80. The van der Waals surface area contributed by atoms with E-state index in [0.717, 1.165) is 10.4 Å². The fraction of sp³-hybridized carbons (Fsp3) is 0.417. The predicted octanol–water partition coefficient (Wildman–Crippen LogP) is 1.37. The second kappa shape index (κ2) is 5.66. The van der Waals surface area contributed by atoms with E-state index >= 15 is 0 Å². The molecule has 0 fully saturated rings. The van der Waals surface area contributed by atoms with Gasteiger partial charge in [-0.2, -0.15) is 4.31 Å². The van der Waals surface area contributed by atoms with Gasteiger partial charge in [0.15, 0.2) is 0 Å². The Morgan fingerprint density at radius 1 is 1.47 bits per heavy atom. The fourth-order valence-electron chi connectivity index (χ4n) is 1.44. The molecule has 0 aliphatic heterocycles. The summed E-state index contributed by atoms with van der Waals surface area (Å²) in [5, 5.41) is 8.80. The van der Waals surface area contributed by atoms with E-state index in [0.29, 0.717) is 5.56 Å². The third-order valence-electron chi connectivity index (χ3n) is 2.93. The highest BCUT2D eigenvalue weighted by atomic mass is 32.2. The molecule has 0 aliphatic carbocycles. The van der Waals surface area contributed by atoms with Crippen molar-refractivity contribution in [1.82, 2.24) is 4.31 Å². The van der Waals surface area contributed by atoms with E-state index in [1.165, 1.54) is 26.1 Å². The lowest BCUT2D eigenvalue weighted by Gasteiger charge is -2.21. The van der Waals surface area contributed by atoms with E-state index in [1.807, 2.05) is 0 Å². The van der Waals surface area contributed by atoms with Crippen molar-refractivity contribution in [2.24, 2.45) is 0 Å². The summed E-state index contributed by atoms with van der Waals surface area (Å²) in [5.41, 5.74) is 0.709. The number of aryl methyl sites for hydroxylation is 1. The second-order valence-electron chi connectivity index (χ2n) is 4.37. The molecule has 0 saturated carbocycles. The minimum Gasteiger partial charge on any atom is -0.480 e. The number of carboxylic acids is 1. The zero-order chi connectivity index (χ0) is 14.8. The van der Waals surface area contributed by atoms with Gasteiger partial charge < -0.3 is 5.11 Å². The van der Waals surface area contributed by atoms with Crippen LogP contribution in [0.1, 0.15) is 18.1 Å². The van der Waals surface area contributed by atoms with Crippen molar-refractivity contribution < 1.29 is 22.7 Å². The Balaban J connectivity index is 2.96. The molecule has 0 aromatic heterocycles. The topological polar surface area (TPSA) is 74.7 Å². The zero-order valence-corrected chi connectivity index (χ0v) is 11.7. The maximum Gasteiger partial charge on any atom is 0.321 e. The minimum absolute atomic E-state index is 0.285. The summed E-state index contributed by atoms with van der Waals surface area (Å²) in [6, 6.07) is 2.97. The number of hydrogen-bond acceptors (Lipinski definition) is 3. The highest BCUT2D eigenvalue weighted by Gasteiger charge is 2.28. The standard InChI is InChI=1S/C12H16FNO4S/c1-8-4-5-10(6-11(8)13)7-19(17,18)14(3)9(2)12(15)16/h4-6,9H,7H2,1-3H3,(H,15,16). The Morgan fingerprint density at radius 3 is 2.53 bits per heavy atom. The SMILES string of the molecule is Cc1ccc(CS(=O)(=O)N(C)C(C)C(=O)O)cc1F. The highest BCUT2D eigenvalue weighted by Crippen LogP contribution is 2.15. The van der Waals surface area contributed by atoms with Gasteiger partial charge in [-0.15, -0.1) is 0 Å². The number of carbonyl (C=O) groups is 1. The van der Waals surface area contributed by atoms with Crippen LogP contribution in [0.15, 0.2) is 18.2 Å². The van der Waals surface area contributed by atoms with Gasteiger partial charge in [-0.25, -0.2) is 12.8 Å². The monoisotopic (exact) mass is 289 g/mol. The van der Waals surface area contributed by atoms with Crippen LogP contribution in [-0.4, -0.2) is 36.9 Å². The Bertz CT molecular complexity index is 585. The van der Waals surface area contributed by atoms with Crippen LogP contribution < -0.4 is 0 Å². The summed E-state index contributed by atoms with van der Waals surface area (Å²) < 4.78 is 38.1. The number of hydrogen-bond donors (Lipinski definition) is 1. The average molecular weight is 289 g/mol. The maximum absolute atomic E-state index is 13.3. The van der Waals surface area contributed by atoms with Crippen LogP contribution in [0.2, 0.25) is 0 Å². The van der Waals surface area contributed by atoms with E-state index < -0.39 is 33.6 Å². The Hall–Kier alpha value is -1.47. The first-order valence-electron chi connectivity index (χ1n) is 5.58. The third-order valence-corrected chi connectivity index (χ3v) is 4.82. The molecule has 19 heavy (non-hydrogen) atoms. The number of nitrogens with zero attached hydrogens (tertiary/aromatic N) is 1. The predicted molar refractivity (Wildman–Crippen MR) is 68.6 cm³/mol. The number of aliphatic carboxylic acids is 1. The van der Waals surface area contributed by atoms with Gasteiger partial charge in [-0.05, 0) is 31.0 Å². The Morgan fingerprint density at radius 2 is 2.05 bits per heavy atom. The molecule has 0 bridgehead atoms. The van der Waals surface area contributed by atoms with Gasteiger partial charge in [0.1, 0.15) is 11.9 Å². The largest absolute Gasteiger partial charge is 0.480 e. The maximum atomic E-state index is 13.3. The van der Waals surface area contributed by atoms with Crippen LogP contribution in [0.25, 0.3) is 0 Å². The molecular weight excluding hydrogens is 273 g/mol. The molecule has 1 rings (SSSR count). The quantitative estimate of drug-likeness (QED) is 0.888. The number of rotatable bonds is 5.